The highest BCUT2D eigenvalue weighted by Crippen LogP contribution is 2.43. The number of fused-ring (bicyclic) bond motifs is 2. The van der Waals surface area contributed by atoms with Crippen molar-refractivity contribution < 1.29 is 14.3 Å². The minimum absolute atomic E-state index is 0.106. The fraction of sp³-hybridized carbons (Fsp3) is 0.345. The highest BCUT2D eigenvalue weighted by atomic mass is 16.5. The lowest BCUT2D eigenvalue weighted by Crippen LogP contribution is -2.29. The molecule has 0 spiro atoms. The van der Waals surface area contributed by atoms with Gasteiger partial charge in [0, 0.05) is 54.9 Å². The van der Waals surface area contributed by atoms with Crippen molar-refractivity contribution in [1.82, 2.24) is 19.4 Å². The molecule has 0 radical (unpaired) electrons. The normalized spacial score (nSPS) is 14.5. The van der Waals surface area contributed by atoms with Gasteiger partial charge in [0.05, 0.1) is 35.6 Å². The van der Waals surface area contributed by atoms with Gasteiger partial charge < -0.3 is 34.9 Å². The maximum atomic E-state index is 12.8. The Bertz CT molecular complexity index is 1580. The lowest BCUT2D eigenvalue weighted by atomic mass is 10.0. The highest BCUT2D eigenvalue weighted by molar-refractivity contribution is 6.05. The number of methoxy groups -OCH3 is 1. The van der Waals surface area contributed by atoms with Crippen LogP contribution in [0, 0.1) is 0 Å². The van der Waals surface area contributed by atoms with Crippen LogP contribution < -0.4 is 20.7 Å². The molecular formula is C29H33N7O3. The molecular weight excluding hydrogens is 494 g/mol. The minimum atomic E-state index is -0.401. The first-order valence-corrected chi connectivity index (χ1v) is 13.1. The van der Waals surface area contributed by atoms with Crippen molar-refractivity contribution >= 4 is 39.9 Å². The van der Waals surface area contributed by atoms with Gasteiger partial charge in [-0.3, -0.25) is 0 Å². The standard InChI is InChI=1S/C29H33N7O3/c1-34(2)11-12-35(3)24-14-25(38-4)21(13-20(24)30)31-29-32-22-16-39-28(37)26(22)27(33-29)19-15-36(17-9-10-17)23-8-6-5-7-18(19)23/h5-8,13-15,17H,9-12,16,30H2,1-4H3,(H,31,32,33). The van der Waals surface area contributed by atoms with Gasteiger partial charge in [-0.05, 0) is 39.1 Å². The molecule has 2 aliphatic rings. The number of aromatic nitrogens is 3. The SMILES string of the molecule is COc1cc(N(C)CCN(C)C)c(N)cc1Nc1nc2c(c(-c3cn(C4CC4)c4ccccc34)n1)C(=O)OC2. The summed E-state index contributed by atoms with van der Waals surface area (Å²) in [6.07, 6.45) is 4.41. The third-order valence-electron chi connectivity index (χ3n) is 7.35. The molecule has 1 saturated carbocycles. The number of anilines is 4. The topological polar surface area (TPSA) is 111 Å². The molecule has 0 saturated heterocycles. The lowest BCUT2D eigenvalue weighted by molar-refractivity contribution is 0.0533. The molecule has 4 aromatic rings. The Balaban J connectivity index is 1.41. The van der Waals surface area contributed by atoms with Crippen molar-refractivity contribution in [2.24, 2.45) is 0 Å². The Morgan fingerprint density at radius 1 is 1.15 bits per heavy atom. The van der Waals surface area contributed by atoms with Crippen LogP contribution in [0.3, 0.4) is 0 Å². The van der Waals surface area contributed by atoms with Crippen LogP contribution in [-0.4, -0.2) is 66.7 Å². The van der Waals surface area contributed by atoms with Crippen LogP contribution in [0.1, 0.15) is 34.9 Å². The van der Waals surface area contributed by atoms with E-state index in [1.807, 2.05) is 45.4 Å². The predicted molar refractivity (Wildman–Crippen MR) is 153 cm³/mol. The zero-order valence-electron chi connectivity index (χ0n) is 22.7. The van der Waals surface area contributed by atoms with Crippen molar-refractivity contribution in [2.45, 2.75) is 25.5 Å². The number of para-hydroxylation sites is 1. The van der Waals surface area contributed by atoms with Crippen LogP contribution in [0.25, 0.3) is 22.2 Å². The summed E-state index contributed by atoms with van der Waals surface area (Å²) in [6.45, 7) is 1.81. The second-order valence-corrected chi connectivity index (χ2v) is 10.5. The van der Waals surface area contributed by atoms with E-state index in [0.29, 0.717) is 46.1 Å². The van der Waals surface area contributed by atoms with Gasteiger partial charge in [-0.1, -0.05) is 18.2 Å². The van der Waals surface area contributed by atoms with Crippen LogP contribution >= 0.6 is 0 Å². The third-order valence-corrected chi connectivity index (χ3v) is 7.35. The van der Waals surface area contributed by atoms with E-state index >= 15 is 0 Å². The number of rotatable bonds is 9. The Kier molecular flexibility index (Phi) is 6.26. The quantitative estimate of drug-likeness (QED) is 0.241. The molecule has 3 N–H and O–H groups in total. The lowest BCUT2D eigenvalue weighted by Gasteiger charge is -2.24. The van der Waals surface area contributed by atoms with Gasteiger partial charge in [0.25, 0.3) is 0 Å². The molecule has 0 bridgehead atoms. The molecule has 1 aliphatic carbocycles. The molecule has 1 fully saturated rings. The molecule has 1 aliphatic heterocycles. The Morgan fingerprint density at radius 3 is 2.69 bits per heavy atom. The van der Waals surface area contributed by atoms with Gasteiger partial charge in [0.15, 0.2) is 0 Å². The van der Waals surface area contributed by atoms with Crippen molar-refractivity contribution in [1.29, 1.82) is 0 Å². The van der Waals surface area contributed by atoms with Crippen molar-refractivity contribution in [3.8, 4) is 17.0 Å². The average Bonchev–Trinajstić information content (AvgIpc) is 3.60. The fourth-order valence-corrected chi connectivity index (χ4v) is 5.11. The molecule has 39 heavy (non-hydrogen) atoms. The Labute approximate surface area is 227 Å². The number of hydrogen-bond donors (Lipinski definition) is 2. The van der Waals surface area contributed by atoms with E-state index in [1.54, 1.807) is 7.11 Å². The molecule has 0 amide bonds. The summed E-state index contributed by atoms with van der Waals surface area (Å²) < 4.78 is 13.4. The highest BCUT2D eigenvalue weighted by Gasteiger charge is 2.32. The summed E-state index contributed by atoms with van der Waals surface area (Å²) in [7, 11) is 7.71. The molecule has 2 aromatic heterocycles. The Morgan fingerprint density at radius 2 is 1.95 bits per heavy atom. The first-order valence-electron chi connectivity index (χ1n) is 13.1. The molecule has 2 aromatic carbocycles. The minimum Gasteiger partial charge on any atom is -0.494 e. The summed E-state index contributed by atoms with van der Waals surface area (Å²) in [4.78, 5) is 26.5. The van der Waals surface area contributed by atoms with E-state index in [2.05, 4.69) is 43.0 Å². The largest absolute Gasteiger partial charge is 0.494 e. The Hall–Kier alpha value is -4.31. The third kappa shape index (κ3) is 4.61. The van der Waals surface area contributed by atoms with Gasteiger partial charge in [-0.25, -0.2) is 14.8 Å². The number of ether oxygens (including phenoxy) is 2. The number of nitrogens with one attached hydrogen (secondary N) is 1. The number of benzene rings is 2. The number of hydrogen-bond acceptors (Lipinski definition) is 9. The molecule has 3 heterocycles. The van der Waals surface area contributed by atoms with E-state index in [1.165, 1.54) is 0 Å². The first kappa shape index (κ1) is 25.0. The average molecular weight is 528 g/mol. The number of nitrogen functional groups attached to an aromatic ring is 1. The van der Waals surface area contributed by atoms with Gasteiger partial charge in [-0.2, -0.15) is 0 Å². The summed E-state index contributed by atoms with van der Waals surface area (Å²) in [5, 5.41) is 4.34. The van der Waals surface area contributed by atoms with Crippen molar-refractivity contribution in [2.75, 3.05) is 57.3 Å². The number of nitrogens with zero attached hydrogens (tertiary/aromatic N) is 5. The first-order chi connectivity index (χ1) is 18.8. The van der Waals surface area contributed by atoms with E-state index < -0.39 is 5.97 Å². The number of nitrogens with two attached hydrogens (primary N) is 1. The zero-order chi connectivity index (χ0) is 27.3. The number of likely N-dealkylation sites (N-methyl/N-ethyl adjacent to an activating group) is 2. The number of cyclic esters (lactones) is 1. The summed E-state index contributed by atoms with van der Waals surface area (Å²) in [5.74, 6) is 0.553. The van der Waals surface area contributed by atoms with Gasteiger partial charge >= 0.3 is 5.97 Å². The van der Waals surface area contributed by atoms with Gasteiger partial charge in [-0.15, -0.1) is 0 Å². The predicted octanol–water partition coefficient (Wildman–Crippen LogP) is 4.44. The number of carbonyl (C=O) groups excluding carboxylic acids is 1. The van der Waals surface area contributed by atoms with E-state index in [9.17, 15) is 4.79 Å². The van der Waals surface area contributed by atoms with Crippen molar-refractivity contribution in [3.63, 3.8) is 0 Å². The summed E-state index contributed by atoms with van der Waals surface area (Å²) >= 11 is 0. The molecule has 0 unspecified atom stereocenters. The molecule has 10 nitrogen and oxygen atoms in total. The van der Waals surface area contributed by atoms with Crippen LogP contribution in [0.15, 0.2) is 42.6 Å². The fourth-order valence-electron chi connectivity index (χ4n) is 5.11. The van der Waals surface area contributed by atoms with Gasteiger partial charge in [0.2, 0.25) is 5.95 Å². The molecule has 202 valence electrons. The second kappa shape index (κ2) is 9.77. The summed E-state index contributed by atoms with van der Waals surface area (Å²) in [6, 6.07) is 12.4. The van der Waals surface area contributed by atoms with Crippen LogP contribution in [0.4, 0.5) is 23.0 Å². The van der Waals surface area contributed by atoms with Crippen molar-refractivity contribution in [3.05, 3.63) is 53.9 Å². The van der Waals surface area contributed by atoms with Crippen LogP contribution in [0.2, 0.25) is 0 Å². The second-order valence-electron chi connectivity index (χ2n) is 10.5. The molecule has 0 atom stereocenters. The van der Waals surface area contributed by atoms with E-state index in [-0.39, 0.29) is 6.61 Å². The maximum absolute atomic E-state index is 12.8. The number of carbonyl (C=O) groups is 1. The number of esters is 1. The zero-order valence-corrected chi connectivity index (χ0v) is 22.7. The van der Waals surface area contributed by atoms with Crippen LogP contribution in [-0.2, 0) is 11.3 Å². The molecule has 10 heteroatoms. The summed E-state index contributed by atoms with van der Waals surface area (Å²) in [5.41, 5.74) is 12.2. The smallest absolute Gasteiger partial charge is 0.342 e. The van der Waals surface area contributed by atoms with E-state index in [4.69, 9.17) is 20.2 Å². The van der Waals surface area contributed by atoms with Crippen LogP contribution in [0.5, 0.6) is 5.75 Å². The maximum Gasteiger partial charge on any atom is 0.342 e. The monoisotopic (exact) mass is 527 g/mol. The molecule has 6 rings (SSSR count). The van der Waals surface area contributed by atoms with Gasteiger partial charge in [0.1, 0.15) is 17.9 Å². The van der Waals surface area contributed by atoms with E-state index in [0.717, 1.165) is 48.1 Å².